The summed E-state index contributed by atoms with van der Waals surface area (Å²) in [5.74, 6) is -4.13. The van der Waals surface area contributed by atoms with Gasteiger partial charge in [-0.1, -0.05) is 6.85 Å². The fraction of sp³-hybridized carbons (Fsp3) is 0.688. The molecule has 1 aromatic heterocycles. The fourth-order valence-corrected chi connectivity index (χ4v) is 1.91. The first-order valence-electron chi connectivity index (χ1n) is 12.4. The van der Waals surface area contributed by atoms with Crippen molar-refractivity contribution in [2.45, 2.75) is 64.4 Å². The molecular formula is C16H27N5O2. The molecule has 1 aliphatic rings. The van der Waals surface area contributed by atoms with E-state index in [9.17, 15) is 9.90 Å². The second-order valence-electron chi connectivity index (χ2n) is 5.64. The number of amides is 1. The van der Waals surface area contributed by atoms with Crippen molar-refractivity contribution in [2.75, 3.05) is 10.6 Å². The van der Waals surface area contributed by atoms with Crippen LogP contribution in [-0.4, -0.2) is 38.6 Å². The highest BCUT2D eigenvalue weighted by Crippen LogP contribution is 2.27. The van der Waals surface area contributed by atoms with E-state index in [4.69, 9.17) is 20.8 Å². The SMILES string of the molecule is [2H]C([2H])([2H])C1C([2H])([2H])CC(Nc2nc(NC(C)(C)C([2H])([2H])[2H])ncc2C(N)=O)C([2H])([2H])C1([2H])O. The smallest absolute Gasteiger partial charge is 0.254 e. The normalized spacial score (nSPS) is 40.7. The lowest BCUT2D eigenvalue weighted by atomic mass is 9.85. The zero-order chi connectivity index (χ0) is 26.7. The van der Waals surface area contributed by atoms with E-state index in [1.165, 1.54) is 13.8 Å². The van der Waals surface area contributed by atoms with Gasteiger partial charge in [-0.25, -0.2) is 4.98 Å². The number of nitrogens with one attached hydrogen (secondary N) is 2. The predicted molar refractivity (Wildman–Crippen MR) is 90.4 cm³/mol. The molecular weight excluding hydrogens is 294 g/mol. The van der Waals surface area contributed by atoms with Gasteiger partial charge in [0.1, 0.15) is 5.82 Å². The summed E-state index contributed by atoms with van der Waals surface area (Å²) in [5, 5.41) is 15.6. The highest BCUT2D eigenvalue weighted by atomic mass is 16.3. The Morgan fingerprint density at radius 3 is 3.09 bits per heavy atom. The average Bonchev–Trinajstić information content (AvgIpc) is 2.56. The lowest BCUT2D eigenvalue weighted by molar-refractivity contribution is 0.0739. The van der Waals surface area contributed by atoms with E-state index in [1.807, 2.05) is 0 Å². The van der Waals surface area contributed by atoms with E-state index in [0.29, 0.717) is 0 Å². The zero-order valence-corrected chi connectivity index (χ0v) is 12.8. The van der Waals surface area contributed by atoms with Crippen molar-refractivity contribution in [3.05, 3.63) is 11.8 Å². The molecule has 0 spiro atoms. The highest BCUT2D eigenvalue weighted by Gasteiger charge is 2.27. The summed E-state index contributed by atoms with van der Waals surface area (Å²) in [6.07, 6.45) is -9.03. The number of aliphatic hydroxyl groups is 1. The van der Waals surface area contributed by atoms with Crippen LogP contribution in [0.5, 0.6) is 0 Å². The van der Waals surface area contributed by atoms with Gasteiger partial charge in [-0.15, -0.1) is 0 Å². The number of hydrogen-bond donors (Lipinski definition) is 4. The number of primary amides is 1. The van der Waals surface area contributed by atoms with Crippen LogP contribution in [0.4, 0.5) is 11.8 Å². The quantitative estimate of drug-likeness (QED) is 0.668. The third-order valence-corrected chi connectivity index (χ3v) is 2.91. The summed E-state index contributed by atoms with van der Waals surface area (Å²) in [5.41, 5.74) is 3.44. The lowest BCUT2D eigenvalue weighted by Crippen LogP contribution is -2.36. The van der Waals surface area contributed by atoms with Crippen molar-refractivity contribution >= 4 is 17.7 Å². The molecule has 0 aliphatic heterocycles. The molecule has 3 unspecified atom stereocenters. The molecule has 1 fully saturated rings. The van der Waals surface area contributed by atoms with E-state index >= 15 is 0 Å². The summed E-state index contributed by atoms with van der Waals surface area (Å²) in [4.78, 5) is 19.7. The Kier molecular flexibility index (Phi) is 2.27. The Balaban J connectivity index is 2.53. The summed E-state index contributed by atoms with van der Waals surface area (Å²) in [6.45, 7) is -2.98. The van der Waals surface area contributed by atoms with E-state index in [1.54, 1.807) is 0 Å². The number of carbonyl (C=O) groups excluding carboxylic acids is 1. The lowest BCUT2D eigenvalue weighted by Gasteiger charge is -2.32. The molecule has 3 atom stereocenters. The highest BCUT2D eigenvalue weighted by molar-refractivity contribution is 5.97. The summed E-state index contributed by atoms with van der Waals surface area (Å²) in [7, 11) is 0. The number of rotatable bonds is 4. The largest absolute Gasteiger partial charge is 0.393 e. The molecule has 7 heteroatoms. The van der Waals surface area contributed by atoms with Crippen LogP contribution in [-0.2, 0) is 0 Å². The summed E-state index contributed by atoms with van der Waals surface area (Å²) >= 11 is 0. The third kappa shape index (κ3) is 4.79. The first-order valence-corrected chi connectivity index (χ1v) is 6.89. The van der Waals surface area contributed by atoms with Crippen LogP contribution in [0, 0.1) is 5.92 Å². The van der Waals surface area contributed by atoms with Crippen LogP contribution in [0.25, 0.3) is 0 Å². The molecule has 0 saturated heterocycles. The number of nitrogens with two attached hydrogens (primary N) is 1. The minimum atomic E-state index is -3.40. The molecule has 1 aliphatic carbocycles. The molecule has 2 rings (SSSR count). The molecule has 1 heterocycles. The molecule has 1 saturated carbocycles. The Bertz CT molecular complexity index is 946. The maximum Gasteiger partial charge on any atom is 0.254 e. The molecule has 7 nitrogen and oxygen atoms in total. The van der Waals surface area contributed by atoms with Gasteiger partial charge in [0.2, 0.25) is 5.95 Å². The van der Waals surface area contributed by atoms with Crippen LogP contribution >= 0.6 is 0 Å². The first kappa shape index (κ1) is 7.79. The minimum absolute atomic E-state index is 0.283. The van der Waals surface area contributed by atoms with E-state index in [2.05, 4.69) is 20.6 Å². The molecule has 23 heavy (non-hydrogen) atoms. The van der Waals surface area contributed by atoms with Gasteiger partial charge >= 0.3 is 0 Å². The standard InChI is InChI=1S/C16H27N5O2/c1-9-5-6-10(7-12(9)22)19-14-11(13(17)23)8-18-15(20-14)21-16(2,3)4/h8-10,12,22H,5-7H2,1-4H3,(H2,17,23)(H2,18,19,20,21)/i1D3,2D3,5D2,7D2,12D. The van der Waals surface area contributed by atoms with Crippen LogP contribution < -0.4 is 16.4 Å². The van der Waals surface area contributed by atoms with Crippen molar-refractivity contribution in [3.8, 4) is 0 Å². The van der Waals surface area contributed by atoms with Gasteiger partial charge in [-0.3, -0.25) is 4.79 Å². The molecule has 1 aromatic rings. The number of carbonyl (C=O) groups is 1. The van der Waals surface area contributed by atoms with Crippen molar-refractivity contribution in [1.82, 2.24) is 9.97 Å². The molecule has 0 radical (unpaired) electrons. The predicted octanol–water partition coefficient (Wildman–Crippen LogP) is 1.75. The summed E-state index contributed by atoms with van der Waals surface area (Å²) in [6, 6.07) is -1.74. The maximum atomic E-state index is 11.9. The number of hydrogen-bond acceptors (Lipinski definition) is 6. The summed E-state index contributed by atoms with van der Waals surface area (Å²) < 4.78 is 86.4. The monoisotopic (exact) mass is 332 g/mol. The van der Waals surface area contributed by atoms with Gasteiger partial charge < -0.3 is 21.5 Å². The fourth-order valence-electron chi connectivity index (χ4n) is 1.91. The minimum Gasteiger partial charge on any atom is -0.393 e. The second-order valence-corrected chi connectivity index (χ2v) is 5.64. The van der Waals surface area contributed by atoms with Crippen LogP contribution in [0.3, 0.4) is 0 Å². The van der Waals surface area contributed by atoms with E-state index < -0.39 is 68.2 Å². The first-order chi connectivity index (χ1) is 14.9. The molecule has 0 aromatic carbocycles. The zero-order valence-electron chi connectivity index (χ0n) is 23.8. The molecule has 1 amide bonds. The van der Waals surface area contributed by atoms with Gasteiger partial charge in [0.15, 0.2) is 0 Å². The molecule has 0 bridgehead atoms. The van der Waals surface area contributed by atoms with Crippen molar-refractivity contribution in [1.29, 1.82) is 0 Å². The number of anilines is 2. The average molecular weight is 332 g/mol. The van der Waals surface area contributed by atoms with Gasteiger partial charge in [-0.2, -0.15) is 4.98 Å². The van der Waals surface area contributed by atoms with Gasteiger partial charge in [0.25, 0.3) is 5.91 Å². The van der Waals surface area contributed by atoms with Gasteiger partial charge in [-0.05, 0) is 45.8 Å². The Morgan fingerprint density at radius 1 is 1.65 bits per heavy atom. The molecule has 5 N–H and O–H groups in total. The van der Waals surface area contributed by atoms with Crippen LogP contribution in [0.15, 0.2) is 6.20 Å². The van der Waals surface area contributed by atoms with Crippen molar-refractivity contribution < 1.29 is 25.0 Å². The number of nitrogens with zero attached hydrogens (tertiary/aromatic N) is 2. The Labute approximate surface area is 152 Å². The van der Waals surface area contributed by atoms with Crippen molar-refractivity contribution in [2.24, 2.45) is 11.7 Å². The van der Waals surface area contributed by atoms with Gasteiger partial charge in [0.05, 0.1) is 13.0 Å². The van der Waals surface area contributed by atoms with Gasteiger partial charge in [0, 0.05) is 31.5 Å². The van der Waals surface area contributed by atoms with E-state index in [0.717, 1.165) is 6.20 Å². The Hall–Kier alpha value is -1.89. The topological polar surface area (TPSA) is 113 Å². The van der Waals surface area contributed by atoms with Crippen LogP contribution in [0.1, 0.15) is 72.2 Å². The Morgan fingerprint density at radius 2 is 2.43 bits per heavy atom. The molecule has 128 valence electrons. The second kappa shape index (κ2) is 6.70. The van der Waals surface area contributed by atoms with E-state index in [-0.39, 0.29) is 11.5 Å². The third-order valence-electron chi connectivity index (χ3n) is 2.91. The van der Waals surface area contributed by atoms with Crippen molar-refractivity contribution in [3.63, 3.8) is 0 Å². The number of aromatic nitrogens is 2. The van der Waals surface area contributed by atoms with Crippen LogP contribution in [0.2, 0.25) is 0 Å². The maximum absolute atomic E-state index is 11.9.